The third kappa shape index (κ3) is 10.3. The van der Waals surface area contributed by atoms with E-state index in [-0.39, 0.29) is 29.9 Å². The monoisotopic (exact) mass is 301 g/mol. The van der Waals surface area contributed by atoms with E-state index in [2.05, 4.69) is 10.6 Å². The number of carbonyl (C=O) groups excluding carboxylic acids is 2. The summed E-state index contributed by atoms with van der Waals surface area (Å²) in [5.41, 5.74) is 5.49. The zero-order valence-electron chi connectivity index (χ0n) is 13.8. The average molecular weight is 301 g/mol. The van der Waals surface area contributed by atoms with Crippen molar-refractivity contribution >= 4 is 11.9 Å². The number of nitrogens with one attached hydrogen (secondary N) is 2. The summed E-state index contributed by atoms with van der Waals surface area (Å²) in [6, 6.07) is -0.309. The zero-order chi connectivity index (χ0) is 16.3. The highest BCUT2D eigenvalue weighted by molar-refractivity contribution is 5.80. The summed E-state index contributed by atoms with van der Waals surface area (Å²) in [5, 5.41) is 5.68. The molecule has 0 fully saturated rings. The van der Waals surface area contributed by atoms with Gasteiger partial charge >= 0.3 is 5.97 Å². The fourth-order valence-electron chi connectivity index (χ4n) is 1.90. The van der Waals surface area contributed by atoms with E-state index in [1.807, 2.05) is 13.8 Å². The molecule has 4 N–H and O–H groups in total. The first-order valence-corrected chi connectivity index (χ1v) is 7.75. The molecule has 2 unspecified atom stereocenters. The minimum atomic E-state index is -0.309. The highest BCUT2D eigenvalue weighted by Gasteiger charge is 2.18. The molecule has 0 spiro atoms. The Hall–Kier alpha value is -1.14. The fraction of sp³-hybridized carbons (Fsp3) is 0.867. The molecule has 2 atom stereocenters. The Labute approximate surface area is 128 Å². The van der Waals surface area contributed by atoms with Gasteiger partial charge in [-0.1, -0.05) is 13.8 Å². The highest BCUT2D eigenvalue weighted by atomic mass is 16.5. The number of unbranched alkanes of at least 4 members (excludes halogenated alkanes) is 1. The Balaban J connectivity index is 4.30. The Morgan fingerprint density at radius 1 is 1.19 bits per heavy atom. The van der Waals surface area contributed by atoms with Gasteiger partial charge in [0.25, 0.3) is 0 Å². The van der Waals surface area contributed by atoms with Gasteiger partial charge in [0.15, 0.2) is 0 Å². The maximum atomic E-state index is 11.8. The molecular formula is C15H31N3O3. The smallest absolute Gasteiger partial charge is 0.306 e. The zero-order valence-corrected chi connectivity index (χ0v) is 13.8. The molecule has 0 aliphatic carbocycles. The van der Waals surface area contributed by atoms with Crippen molar-refractivity contribution in [2.75, 3.05) is 20.1 Å². The molecule has 0 heterocycles. The van der Waals surface area contributed by atoms with Crippen molar-refractivity contribution in [3.63, 3.8) is 0 Å². The number of likely N-dealkylation sites (N-methyl/N-ethyl adjacent to an activating group) is 1. The summed E-state index contributed by atoms with van der Waals surface area (Å²) in [6.07, 6.45) is 2.78. The molecule has 0 aromatic heterocycles. The maximum Gasteiger partial charge on any atom is 0.306 e. The molecule has 0 aliphatic rings. The van der Waals surface area contributed by atoms with Crippen LogP contribution in [0.3, 0.4) is 0 Å². The van der Waals surface area contributed by atoms with Crippen LogP contribution in [0.15, 0.2) is 0 Å². The maximum absolute atomic E-state index is 11.8. The molecule has 6 heteroatoms. The van der Waals surface area contributed by atoms with Gasteiger partial charge in [0, 0.05) is 20.0 Å². The van der Waals surface area contributed by atoms with Gasteiger partial charge in [0.2, 0.25) is 5.91 Å². The van der Waals surface area contributed by atoms with E-state index in [4.69, 9.17) is 10.5 Å². The van der Waals surface area contributed by atoms with Gasteiger partial charge in [0.1, 0.15) is 6.10 Å². The molecular weight excluding hydrogens is 270 g/mol. The van der Waals surface area contributed by atoms with Crippen LogP contribution in [0.5, 0.6) is 0 Å². The van der Waals surface area contributed by atoms with Crippen LogP contribution >= 0.6 is 0 Å². The van der Waals surface area contributed by atoms with Crippen LogP contribution in [-0.2, 0) is 14.3 Å². The first kappa shape index (κ1) is 19.9. The van der Waals surface area contributed by atoms with E-state index in [0.29, 0.717) is 19.5 Å². The molecule has 0 aliphatic heterocycles. The first-order valence-electron chi connectivity index (χ1n) is 7.75. The molecule has 6 nitrogen and oxygen atoms in total. The second kappa shape index (κ2) is 11.5. The topological polar surface area (TPSA) is 93.5 Å². The first-order chi connectivity index (χ1) is 9.90. The number of rotatable bonds is 11. The Morgan fingerprint density at radius 3 is 2.38 bits per heavy atom. The van der Waals surface area contributed by atoms with Crippen molar-refractivity contribution in [3.8, 4) is 0 Å². The van der Waals surface area contributed by atoms with Crippen LogP contribution in [0.1, 0.15) is 46.5 Å². The van der Waals surface area contributed by atoms with Crippen LogP contribution in [-0.4, -0.2) is 44.2 Å². The van der Waals surface area contributed by atoms with Crippen molar-refractivity contribution in [2.24, 2.45) is 11.7 Å². The van der Waals surface area contributed by atoms with Gasteiger partial charge < -0.3 is 21.1 Å². The van der Waals surface area contributed by atoms with E-state index in [9.17, 15) is 9.59 Å². The fourth-order valence-corrected chi connectivity index (χ4v) is 1.90. The third-order valence-electron chi connectivity index (χ3n) is 3.14. The summed E-state index contributed by atoms with van der Waals surface area (Å²) in [6.45, 7) is 6.86. The SMILES string of the molecule is CNC(=O)C(C)NCC(CCCCN)OC(=O)CC(C)C. The van der Waals surface area contributed by atoms with Crippen molar-refractivity contribution < 1.29 is 14.3 Å². The number of hydrogen-bond donors (Lipinski definition) is 3. The van der Waals surface area contributed by atoms with E-state index in [1.165, 1.54) is 0 Å². The Bertz CT molecular complexity index is 309. The van der Waals surface area contributed by atoms with Gasteiger partial charge in [-0.3, -0.25) is 9.59 Å². The van der Waals surface area contributed by atoms with E-state index in [0.717, 1.165) is 19.3 Å². The molecule has 0 aromatic carbocycles. The molecule has 0 aromatic rings. The van der Waals surface area contributed by atoms with Crippen molar-refractivity contribution in [1.82, 2.24) is 10.6 Å². The molecule has 0 bridgehead atoms. The van der Waals surface area contributed by atoms with Gasteiger partial charge in [-0.05, 0) is 38.6 Å². The minimum Gasteiger partial charge on any atom is -0.461 e. The molecule has 0 saturated carbocycles. The second-order valence-corrected chi connectivity index (χ2v) is 5.74. The summed E-state index contributed by atoms with van der Waals surface area (Å²) < 4.78 is 5.50. The number of ether oxygens (including phenoxy) is 1. The number of carbonyl (C=O) groups is 2. The molecule has 0 saturated heterocycles. The largest absolute Gasteiger partial charge is 0.461 e. The van der Waals surface area contributed by atoms with Crippen LogP contribution in [0, 0.1) is 5.92 Å². The van der Waals surface area contributed by atoms with E-state index in [1.54, 1.807) is 14.0 Å². The predicted octanol–water partition coefficient (Wildman–Crippen LogP) is 0.797. The quantitative estimate of drug-likeness (QED) is 0.388. The third-order valence-corrected chi connectivity index (χ3v) is 3.14. The summed E-state index contributed by atoms with van der Waals surface area (Å²) in [7, 11) is 1.60. The van der Waals surface area contributed by atoms with Crippen molar-refractivity contribution in [2.45, 2.75) is 58.6 Å². The normalized spacial score (nSPS) is 13.8. The summed E-state index contributed by atoms with van der Waals surface area (Å²) in [4.78, 5) is 23.2. The van der Waals surface area contributed by atoms with Crippen molar-refractivity contribution in [3.05, 3.63) is 0 Å². The molecule has 1 amide bonds. The summed E-state index contributed by atoms with van der Waals surface area (Å²) >= 11 is 0. The van der Waals surface area contributed by atoms with Gasteiger partial charge in [0.05, 0.1) is 6.04 Å². The van der Waals surface area contributed by atoms with Crippen molar-refractivity contribution in [1.29, 1.82) is 0 Å². The highest BCUT2D eigenvalue weighted by Crippen LogP contribution is 2.09. The van der Waals surface area contributed by atoms with Gasteiger partial charge in [-0.2, -0.15) is 0 Å². The Kier molecular flexibility index (Phi) is 10.9. The lowest BCUT2D eigenvalue weighted by atomic mass is 10.1. The van der Waals surface area contributed by atoms with Gasteiger partial charge in [-0.25, -0.2) is 0 Å². The lowest BCUT2D eigenvalue weighted by Gasteiger charge is -2.21. The van der Waals surface area contributed by atoms with Crippen LogP contribution in [0.25, 0.3) is 0 Å². The number of hydrogen-bond acceptors (Lipinski definition) is 5. The minimum absolute atomic E-state index is 0.0794. The lowest BCUT2D eigenvalue weighted by Crippen LogP contribution is -2.44. The molecule has 124 valence electrons. The number of amides is 1. The van der Waals surface area contributed by atoms with E-state index < -0.39 is 0 Å². The van der Waals surface area contributed by atoms with Crippen LogP contribution in [0.4, 0.5) is 0 Å². The standard InChI is InChI=1S/C15H31N3O3/c1-11(2)9-14(19)21-13(7-5-6-8-16)10-18-12(3)15(20)17-4/h11-13,18H,5-10,16H2,1-4H3,(H,17,20). The number of nitrogens with two attached hydrogens (primary N) is 1. The summed E-state index contributed by atoms with van der Waals surface area (Å²) in [5.74, 6) is 0.0151. The Morgan fingerprint density at radius 2 is 1.86 bits per heavy atom. The van der Waals surface area contributed by atoms with Crippen LogP contribution < -0.4 is 16.4 Å². The lowest BCUT2D eigenvalue weighted by molar-refractivity contribution is -0.150. The molecule has 0 rings (SSSR count). The average Bonchev–Trinajstić information content (AvgIpc) is 2.42. The van der Waals surface area contributed by atoms with E-state index >= 15 is 0 Å². The molecule has 21 heavy (non-hydrogen) atoms. The van der Waals surface area contributed by atoms with Gasteiger partial charge in [-0.15, -0.1) is 0 Å². The van der Waals surface area contributed by atoms with Crippen LogP contribution in [0.2, 0.25) is 0 Å². The molecule has 0 radical (unpaired) electrons. The second-order valence-electron chi connectivity index (χ2n) is 5.74. The number of esters is 1. The predicted molar refractivity (Wildman–Crippen MR) is 83.8 cm³/mol.